The smallest absolute Gasteiger partial charge is 0.137 e. The molecule has 0 saturated heterocycles. The van der Waals surface area contributed by atoms with Crippen LogP contribution in [0.5, 0.6) is 5.75 Å². The predicted molar refractivity (Wildman–Crippen MR) is 80.7 cm³/mol. The Balaban J connectivity index is 2.19. The van der Waals surface area contributed by atoms with Crippen molar-refractivity contribution in [2.24, 2.45) is 0 Å². The van der Waals surface area contributed by atoms with Crippen LogP contribution in [-0.4, -0.2) is 15.1 Å². The van der Waals surface area contributed by atoms with Crippen LogP contribution >= 0.6 is 0 Å². The van der Waals surface area contributed by atoms with E-state index in [0.717, 1.165) is 27.7 Å². The molecule has 0 amide bonds. The molecule has 0 radical (unpaired) electrons. The fourth-order valence-electron chi connectivity index (χ4n) is 2.41. The SMILES string of the molecule is CC(C)c1ncc(-c2cccc3ncccc23)cc1O. The number of aromatic nitrogens is 2. The van der Waals surface area contributed by atoms with Crippen molar-refractivity contribution >= 4 is 10.9 Å². The molecule has 0 bridgehead atoms. The lowest BCUT2D eigenvalue weighted by Gasteiger charge is -2.10. The number of nitrogens with zero attached hydrogens (tertiary/aromatic N) is 2. The Hall–Kier alpha value is -2.42. The van der Waals surface area contributed by atoms with Gasteiger partial charge in [0.1, 0.15) is 5.75 Å². The fraction of sp³-hybridized carbons (Fsp3) is 0.176. The van der Waals surface area contributed by atoms with E-state index in [1.807, 2.05) is 50.4 Å². The molecule has 20 heavy (non-hydrogen) atoms. The molecule has 0 aliphatic heterocycles. The first-order valence-corrected chi connectivity index (χ1v) is 6.70. The van der Waals surface area contributed by atoms with Crippen LogP contribution in [0.25, 0.3) is 22.0 Å². The summed E-state index contributed by atoms with van der Waals surface area (Å²) in [5.41, 5.74) is 3.61. The average Bonchev–Trinajstić information content (AvgIpc) is 2.46. The molecular formula is C17H16N2O. The highest BCUT2D eigenvalue weighted by Gasteiger charge is 2.11. The van der Waals surface area contributed by atoms with Crippen molar-refractivity contribution in [2.45, 2.75) is 19.8 Å². The van der Waals surface area contributed by atoms with Gasteiger partial charge in [-0.15, -0.1) is 0 Å². The summed E-state index contributed by atoms with van der Waals surface area (Å²) < 4.78 is 0. The van der Waals surface area contributed by atoms with Gasteiger partial charge in [-0.2, -0.15) is 0 Å². The minimum atomic E-state index is 0.207. The van der Waals surface area contributed by atoms with E-state index in [0.29, 0.717) is 0 Å². The van der Waals surface area contributed by atoms with E-state index in [1.54, 1.807) is 12.3 Å². The van der Waals surface area contributed by atoms with Crippen LogP contribution in [-0.2, 0) is 0 Å². The monoisotopic (exact) mass is 264 g/mol. The summed E-state index contributed by atoms with van der Waals surface area (Å²) >= 11 is 0. The Bertz CT molecular complexity index is 761. The molecule has 0 aliphatic carbocycles. The zero-order valence-electron chi connectivity index (χ0n) is 11.5. The molecule has 3 rings (SSSR count). The molecule has 2 heterocycles. The standard InChI is InChI=1S/C17H16N2O/c1-11(2)17-16(20)9-12(10-19-17)13-5-3-7-15-14(13)6-4-8-18-15/h3-11,20H,1-2H3. The maximum Gasteiger partial charge on any atom is 0.137 e. The molecule has 0 unspecified atom stereocenters. The molecule has 0 saturated carbocycles. The summed E-state index contributed by atoms with van der Waals surface area (Å²) in [6, 6.07) is 11.7. The molecule has 0 atom stereocenters. The highest BCUT2D eigenvalue weighted by Crippen LogP contribution is 2.32. The molecule has 0 fully saturated rings. The number of pyridine rings is 2. The Morgan fingerprint density at radius 3 is 2.65 bits per heavy atom. The number of fused-ring (bicyclic) bond motifs is 1. The van der Waals surface area contributed by atoms with E-state index in [9.17, 15) is 5.11 Å². The van der Waals surface area contributed by atoms with E-state index in [1.165, 1.54) is 0 Å². The van der Waals surface area contributed by atoms with Gasteiger partial charge in [0.05, 0.1) is 11.2 Å². The predicted octanol–water partition coefficient (Wildman–Crippen LogP) is 4.13. The first-order valence-electron chi connectivity index (χ1n) is 6.70. The molecule has 0 spiro atoms. The van der Waals surface area contributed by atoms with E-state index in [4.69, 9.17) is 0 Å². The van der Waals surface area contributed by atoms with Gasteiger partial charge in [-0.05, 0) is 29.7 Å². The minimum Gasteiger partial charge on any atom is -0.506 e. The van der Waals surface area contributed by atoms with Crippen LogP contribution in [0.15, 0.2) is 48.8 Å². The summed E-state index contributed by atoms with van der Waals surface area (Å²) in [5, 5.41) is 11.2. The second-order valence-electron chi connectivity index (χ2n) is 5.16. The Kier molecular flexibility index (Phi) is 3.11. The second-order valence-corrected chi connectivity index (χ2v) is 5.16. The third-order valence-corrected chi connectivity index (χ3v) is 3.40. The van der Waals surface area contributed by atoms with Gasteiger partial charge in [0.15, 0.2) is 0 Å². The van der Waals surface area contributed by atoms with Gasteiger partial charge in [0.2, 0.25) is 0 Å². The maximum absolute atomic E-state index is 10.1. The normalized spacial score (nSPS) is 11.2. The summed E-state index contributed by atoms with van der Waals surface area (Å²) in [6.45, 7) is 4.03. The first kappa shape index (κ1) is 12.6. The van der Waals surface area contributed by atoms with E-state index in [2.05, 4.69) is 9.97 Å². The van der Waals surface area contributed by atoms with Gasteiger partial charge in [-0.3, -0.25) is 9.97 Å². The van der Waals surface area contributed by atoms with Gasteiger partial charge in [-0.25, -0.2) is 0 Å². The molecule has 1 N–H and O–H groups in total. The van der Waals surface area contributed by atoms with Crippen molar-refractivity contribution in [3.8, 4) is 16.9 Å². The van der Waals surface area contributed by atoms with E-state index >= 15 is 0 Å². The number of benzene rings is 1. The van der Waals surface area contributed by atoms with Crippen molar-refractivity contribution in [3.05, 3.63) is 54.5 Å². The Morgan fingerprint density at radius 2 is 1.90 bits per heavy atom. The highest BCUT2D eigenvalue weighted by atomic mass is 16.3. The third kappa shape index (κ3) is 2.11. The first-order chi connectivity index (χ1) is 9.66. The molecule has 3 nitrogen and oxygen atoms in total. The van der Waals surface area contributed by atoms with Gasteiger partial charge in [0.25, 0.3) is 0 Å². The lowest BCUT2D eigenvalue weighted by atomic mass is 10.0. The third-order valence-electron chi connectivity index (χ3n) is 3.40. The Labute approximate surface area is 117 Å². The van der Waals surface area contributed by atoms with Crippen molar-refractivity contribution in [1.29, 1.82) is 0 Å². The van der Waals surface area contributed by atoms with Crippen molar-refractivity contribution in [3.63, 3.8) is 0 Å². The van der Waals surface area contributed by atoms with Crippen LogP contribution in [0, 0.1) is 0 Å². The average molecular weight is 264 g/mol. The van der Waals surface area contributed by atoms with Crippen LogP contribution in [0.1, 0.15) is 25.5 Å². The van der Waals surface area contributed by atoms with Crippen LogP contribution in [0.4, 0.5) is 0 Å². The summed E-state index contributed by atoms with van der Waals surface area (Å²) in [5.74, 6) is 0.455. The largest absolute Gasteiger partial charge is 0.506 e. The lowest BCUT2D eigenvalue weighted by molar-refractivity contribution is 0.460. The molecular weight excluding hydrogens is 248 g/mol. The zero-order chi connectivity index (χ0) is 14.1. The maximum atomic E-state index is 10.1. The van der Waals surface area contributed by atoms with Crippen molar-refractivity contribution in [1.82, 2.24) is 9.97 Å². The number of aromatic hydroxyl groups is 1. The van der Waals surface area contributed by atoms with Crippen molar-refractivity contribution in [2.75, 3.05) is 0 Å². The fourth-order valence-corrected chi connectivity index (χ4v) is 2.41. The van der Waals surface area contributed by atoms with E-state index in [-0.39, 0.29) is 11.7 Å². The Morgan fingerprint density at radius 1 is 1.05 bits per heavy atom. The van der Waals surface area contributed by atoms with Crippen LogP contribution in [0.3, 0.4) is 0 Å². The van der Waals surface area contributed by atoms with Gasteiger partial charge >= 0.3 is 0 Å². The summed E-state index contributed by atoms with van der Waals surface area (Å²) in [6.07, 6.45) is 3.60. The lowest BCUT2D eigenvalue weighted by Crippen LogP contribution is -1.94. The topological polar surface area (TPSA) is 46.0 Å². The van der Waals surface area contributed by atoms with Crippen LogP contribution in [0.2, 0.25) is 0 Å². The summed E-state index contributed by atoms with van der Waals surface area (Å²) in [7, 11) is 0. The highest BCUT2D eigenvalue weighted by molar-refractivity contribution is 5.94. The van der Waals surface area contributed by atoms with Crippen molar-refractivity contribution < 1.29 is 5.11 Å². The van der Waals surface area contributed by atoms with Crippen LogP contribution < -0.4 is 0 Å². The zero-order valence-corrected chi connectivity index (χ0v) is 11.5. The molecule has 3 heteroatoms. The van der Waals surface area contributed by atoms with E-state index < -0.39 is 0 Å². The van der Waals surface area contributed by atoms with Gasteiger partial charge < -0.3 is 5.11 Å². The quantitative estimate of drug-likeness (QED) is 0.757. The molecule has 1 aromatic carbocycles. The summed E-state index contributed by atoms with van der Waals surface area (Å²) in [4.78, 5) is 8.74. The van der Waals surface area contributed by atoms with Gasteiger partial charge in [0, 0.05) is 23.3 Å². The van der Waals surface area contributed by atoms with Gasteiger partial charge in [-0.1, -0.05) is 32.0 Å². The minimum absolute atomic E-state index is 0.207. The second kappa shape index (κ2) is 4.93. The molecule has 0 aliphatic rings. The molecule has 3 aromatic rings. The number of rotatable bonds is 2. The number of hydrogen-bond donors (Lipinski definition) is 1. The molecule has 2 aromatic heterocycles. The number of hydrogen-bond acceptors (Lipinski definition) is 3. The molecule has 100 valence electrons.